The standard InChI is InChI=1S/C12H14N2O4S/c1-17-11(16)6-14-10(15)7-18-9-4-2-8(3-5-9)12(13)19/h2-5H,6-7H2,1H3,(H2,13,19)(H,14,15). The largest absolute Gasteiger partial charge is 0.484 e. The lowest BCUT2D eigenvalue weighted by atomic mass is 10.2. The summed E-state index contributed by atoms with van der Waals surface area (Å²) in [5.41, 5.74) is 6.17. The highest BCUT2D eigenvalue weighted by Gasteiger charge is 2.06. The average Bonchev–Trinajstić information content (AvgIpc) is 2.42. The van der Waals surface area contributed by atoms with Crippen LogP contribution in [0.3, 0.4) is 0 Å². The highest BCUT2D eigenvalue weighted by molar-refractivity contribution is 7.80. The summed E-state index contributed by atoms with van der Waals surface area (Å²) in [6, 6.07) is 6.71. The van der Waals surface area contributed by atoms with E-state index in [-0.39, 0.29) is 13.2 Å². The summed E-state index contributed by atoms with van der Waals surface area (Å²) < 4.78 is 9.60. The quantitative estimate of drug-likeness (QED) is 0.563. The number of benzene rings is 1. The summed E-state index contributed by atoms with van der Waals surface area (Å²) >= 11 is 4.81. The van der Waals surface area contributed by atoms with E-state index in [2.05, 4.69) is 10.1 Å². The van der Waals surface area contributed by atoms with E-state index in [0.29, 0.717) is 10.7 Å². The van der Waals surface area contributed by atoms with Gasteiger partial charge in [-0.15, -0.1) is 0 Å². The van der Waals surface area contributed by atoms with Crippen LogP contribution in [0.15, 0.2) is 24.3 Å². The summed E-state index contributed by atoms with van der Waals surface area (Å²) in [5, 5.41) is 2.35. The monoisotopic (exact) mass is 282 g/mol. The molecule has 0 saturated heterocycles. The van der Waals surface area contributed by atoms with Crippen molar-refractivity contribution in [3.63, 3.8) is 0 Å². The molecule has 1 amide bonds. The SMILES string of the molecule is COC(=O)CNC(=O)COc1ccc(C(N)=S)cc1. The van der Waals surface area contributed by atoms with Crippen molar-refractivity contribution >= 4 is 29.1 Å². The van der Waals surface area contributed by atoms with Crippen molar-refractivity contribution < 1.29 is 19.1 Å². The second kappa shape index (κ2) is 7.32. The van der Waals surface area contributed by atoms with Crippen molar-refractivity contribution in [2.75, 3.05) is 20.3 Å². The van der Waals surface area contributed by atoms with E-state index in [0.717, 1.165) is 5.56 Å². The van der Waals surface area contributed by atoms with Crippen LogP contribution >= 0.6 is 12.2 Å². The molecule has 19 heavy (non-hydrogen) atoms. The maximum Gasteiger partial charge on any atom is 0.325 e. The molecule has 0 bridgehead atoms. The van der Waals surface area contributed by atoms with Crippen LogP contribution in [0.25, 0.3) is 0 Å². The zero-order chi connectivity index (χ0) is 14.3. The minimum Gasteiger partial charge on any atom is -0.484 e. The topological polar surface area (TPSA) is 90.6 Å². The molecule has 7 heteroatoms. The highest BCUT2D eigenvalue weighted by Crippen LogP contribution is 2.11. The van der Waals surface area contributed by atoms with Crippen molar-refractivity contribution in [3.8, 4) is 5.75 Å². The van der Waals surface area contributed by atoms with Crippen LogP contribution in [0.5, 0.6) is 5.75 Å². The maximum atomic E-state index is 11.3. The number of methoxy groups -OCH3 is 1. The zero-order valence-corrected chi connectivity index (χ0v) is 11.2. The smallest absolute Gasteiger partial charge is 0.325 e. The second-order valence-corrected chi connectivity index (χ2v) is 3.97. The second-order valence-electron chi connectivity index (χ2n) is 3.53. The first-order valence-electron chi connectivity index (χ1n) is 5.39. The van der Waals surface area contributed by atoms with Crippen LogP contribution in [0.2, 0.25) is 0 Å². The molecule has 0 unspecified atom stereocenters. The number of esters is 1. The summed E-state index contributed by atoms with van der Waals surface area (Å²) in [7, 11) is 1.24. The Morgan fingerprint density at radius 1 is 1.32 bits per heavy atom. The molecule has 3 N–H and O–H groups in total. The fourth-order valence-electron chi connectivity index (χ4n) is 1.16. The molecule has 0 saturated carbocycles. The van der Waals surface area contributed by atoms with Crippen LogP contribution in [-0.2, 0) is 14.3 Å². The molecule has 102 valence electrons. The predicted octanol–water partition coefficient (Wildman–Crippen LogP) is -0.0112. The van der Waals surface area contributed by atoms with E-state index < -0.39 is 11.9 Å². The van der Waals surface area contributed by atoms with E-state index in [4.69, 9.17) is 22.7 Å². The van der Waals surface area contributed by atoms with Crippen molar-refractivity contribution in [2.45, 2.75) is 0 Å². The number of ether oxygens (including phenoxy) is 2. The Hall–Kier alpha value is -2.15. The molecule has 1 aromatic rings. The number of carbonyl (C=O) groups excluding carboxylic acids is 2. The van der Waals surface area contributed by atoms with E-state index in [1.165, 1.54) is 7.11 Å². The van der Waals surface area contributed by atoms with Crippen LogP contribution in [0.4, 0.5) is 0 Å². The fraction of sp³-hybridized carbons (Fsp3) is 0.250. The van der Waals surface area contributed by atoms with Crippen molar-refractivity contribution in [1.29, 1.82) is 0 Å². The first kappa shape index (κ1) is 14.9. The lowest BCUT2D eigenvalue weighted by Gasteiger charge is -2.07. The summed E-state index contributed by atoms with van der Waals surface area (Å²) in [6.07, 6.45) is 0. The van der Waals surface area contributed by atoms with Gasteiger partial charge in [-0.25, -0.2) is 0 Å². The predicted molar refractivity (Wildman–Crippen MR) is 72.9 cm³/mol. The lowest BCUT2D eigenvalue weighted by Crippen LogP contribution is -2.33. The molecule has 1 aromatic carbocycles. The number of rotatable bonds is 6. The zero-order valence-electron chi connectivity index (χ0n) is 10.3. The molecule has 0 aliphatic carbocycles. The van der Waals surface area contributed by atoms with Crippen LogP contribution < -0.4 is 15.8 Å². The van der Waals surface area contributed by atoms with Crippen molar-refractivity contribution in [3.05, 3.63) is 29.8 Å². The Kier molecular flexibility index (Phi) is 5.74. The van der Waals surface area contributed by atoms with E-state index in [1.807, 2.05) is 0 Å². The number of thiocarbonyl (C=S) groups is 1. The van der Waals surface area contributed by atoms with Gasteiger partial charge in [0, 0.05) is 5.56 Å². The lowest BCUT2D eigenvalue weighted by molar-refractivity contribution is -0.141. The van der Waals surface area contributed by atoms with Gasteiger partial charge in [0.05, 0.1) is 7.11 Å². The Balaban J connectivity index is 2.37. The Morgan fingerprint density at radius 3 is 2.47 bits per heavy atom. The van der Waals surface area contributed by atoms with Crippen LogP contribution in [0.1, 0.15) is 5.56 Å². The molecule has 1 rings (SSSR count). The highest BCUT2D eigenvalue weighted by atomic mass is 32.1. The maximum absolute atomic E-state index is 11.3. The van der Waals surface area contributed by atoms with E-state index >= 15 is 0 Å². The first-order chi connectivity index (χ1) is 9.02. The molecule has 0 atom stereocenters. The fourth-order valence-corrected chi connectivity index (χ4v) is 1.29. The third-order valence-electron chi connectivity index (χ3n) is 2.17. The van der Waals surface area contributed by atoms with Gasteiger partial charge < -0.3 is 20.5 Å². The van der Waals surface area contributed by atoms with Gasteiger partial charge >= 0.3 is 5.97 Å². The van der Waals surface area contributed by atoms with Crippen LogP contribution in [-0.4, -0.2) is 37.1 Å². The number of nitrogens with one attached hydrogen (secondary N) is 1. The number of hydrogen-bond donors (Lipinski definition) is 2. The number of carbonyl (C=O) groups is 2. The molecule has 0 spiro atoms. The Bertz CT molecular complexity index is 473. The van der Waals surface area contributed by atoms with Gasteiger partial charge in [0.15, 0.2) is 6.61 Å². The Labute approximate surface area is 115 Å². The first-order valence-corrected chi connectivity index (χ1v) is 5.80. The van der Waals surface area contributed by atoms with Gasteiger partial charge in [0.1, 0.15) is 17.3 Å². The molecule has 6 nitrogen and oxygen atoms in total. The average molecular weight is 282 g/mol. The number of hydrogen-bond acceptors (Lipinski definition) is 5. The third-order valence-corrected chi connectivity index (χ3v) is 2.40. The molecular formula is C12H14N2O4S. The number of amides is 1. The van der Waals surface area contributed by atoms with Gasteiger partial charge in [0.25, 0.3) is 5.91 Å². The molecular weight excluding hydrogens is 268 g/mol. The minimum atomic E-state index is -0.519. The van der Waals surface area contributed by atoms with Gasteiger partial charge in [-0.1, -0.05) is 12.2 Å². The number of nitrogens with two attached hydrogens (primary N) is 1. The molecule has 0 aliphatic rings. The molecule has 0 aromatic heterocycles. The van der Waals surface area contributed by atoms with Gasteiger partial charge in [-0.05, 0) is 24.3 Å². The molecule has 0 aliphatic heterocycles. The van der Waals surface area contributed by atoms with E-state index in [1.54, 1.807) is 24.3 Å². The molecule has 0 heterocycles. The summed E-state index contributed by atoms with van der Waals surface area (Å²) in [4.78, 5) is 22.4. The van der Waals surface area contributed by atoms with Crippen molar-refractivity contribution in [1.82, 2.24) is 5.32 Å². The minimum absolute atomic E-state index is 0.181. The van der Waals surface area contributed by atoms with Gasteiger partial charge in [-0.2, -0.15) is 0 Å². The summed E-state index contributed by atoms with van der Waals surface area (Å²) in [6.45, 7) is -0.373. The Morgan fingerprint density at radius 2 is 1.95 bits per heavy atom. The van der Waals surface area contributed by atoms with Crippen LogP contribution in [0, 0.1) is 0 Å². The van der Waals surface area contributed by atoms with E-state index in [9.17, 15) is 9.59 Å². The molecule has 0 radical (unpaired) electrons. The molecule has 0 fully saturated rings. The van der Waals surface area contributed by atoms with Gasteiger partial charge in [0.2, 0.25) is 0 Å². The van der Waals surface area contributed by atoms with Crippen molar-refractivity contribution in [2.24, 2.45) is 5.73 Å². The van der Waals surface area contributed by atoms with Gasteiger partial charge in [-0.3, -0.25) is 9.59 Å². The summed E-state index contributed by atoms with van der Waals surface area (Å²) in [5.74, 6) is -0.425. The third kappa shape index (κ3) is 5.35. The normalized spacial score (nSPS) is 9.53.